The third kappa shape index (κ3) is 5.26. The number of aromatic nitrogens is 1. The Balaban J connectivity index is 2.27. The number of nitrogens with zero attached hydrogens (tertiary/aromatic N) is 1. The smallest absolute Gasteiger partial charge is 0.0270 e. The molecule has 0 spiro atoms. The lowest BCUT2D eigenvalue weighted by atomic mass is 9.95. The molecule has 0 aromatic carbocycles. The maximum atomic E-state index is 4.04. The Hall–Kier alpha value is -0.890. The van der Waals surface area contributed by atoms with Gasteiger partial charge in [0.15, 0.2) is 0 Å². The van der Waals surface area contributed by atoms with Crippen LogP contribution >= 0.6 is 0 Å². The Labute approximate surface area is 99.5 Å². The van der Waals surface area contributed by atoms with Crippen molar-refractivity contribution in [1.29, 1.82) is 0 Å². The first kappa shape index (κ1) is 13.2. The Morgan fingerprint density at radius 3 is 2.56 bits per heavy atom. The zero-order valence-corrected chi connectivity index (χ0v) is 10.7. The minimum absolute atomic E-state index is 0.622. The molecule has 0 saturated heterocycles. The first-order valence-corrected chi connectivity index (χ1v) is 6.34. The highest BCUT2D eigenvalue weighted by molar-refractivity contribution is 5.10. The van der Waals surface area contributed by atoms with E-state index in [1.54, 1.807) is 0 Å². The number of pyridine rings is 1. The Kier molecular flexibility index (Phi) is 6.09. The molecule has 0 aliphatic heterocycles. The first-order valence-electron chi connectivity index (χ1n) is 6.34. The number of rotatable bonds is 7. The summed E-state index contributed by atoms with van der Waals surface area (Å²) in [5.74, 6) is 0.724. The number of hydrogen-bond acceptors (Lipinski definition) is 2. The second-order valence-corrected chi connectivity index (χ2v) is 4.76. The normalized spacial score (nSPS) is 14.7. The molecule has 0 fully saturated rings. The van der Waals surface area contributed by atoms with Crippen molar-refractivity contribution in [1.82, 2.24) is 10.3 Å². The van der Waals surface area contributed by atoms with E-state index >= 15 is 0 Å². The average molecular weight is 220 g/mol. The van der Waals surface area contributed by atoms with Gasteiger partial charge in [0.2, 0.25) is 0 Å². The molecule has 1 N–H and O–H groups in total. The second kappa shape index (κ2) is 7.39. The molecular formula is C14H24N2. The van der Waals surface area contributed by atoms with E-state index < -0.39 is 0 Å². The zero-order chi connectivity index (χ0) is 11.8. The standard InChI is InChI=1S/C14H24N2/c1-4-7-16-13(3)10-12(2)11-14-5-8-15-9-6-14/h5-6,8-9,12-13,16H,4,7,10-11H2,1-3H3. The van der Waals surface area contributed by atoms with E-state index in [1.807, 2.05) is 12.4 Å². The van der Waals surface area contributed by atoms with E-state index in [0.717, 1.165) is 18.9 Å². The van der Waals surface area contributed by atoms with Gasteiger partial charge in [-0.1, -0.05) is 13.8 Å². The molecule has 90 valence electrons. The molecular weight excluding hydrogens is 196 g/mol. The second-order valence-electron chi connectivity index (χ2n) is 4.76. The average Bonchev–Trinajstić information content (AvgIpc) is 2.27. The van der Waals surface area contributed by atoms with Gasteiger partial charge in [0, 0.05) is 18.4 Å². The first-order chi connectivity index (χ1) is 7.72. The van der Waals surface area contributed by atoms with Crippen molar-refractivity contribution in [3.05, 3.63) is 30.1 Å². The topological polar surface area (TPSA) is 24.9 Å². The molecule has 16 heavy (non-hydrogen) atoms. The van der Waals surface area contributed by atoms with Crippen LogP contribution in [0, 0.1) is 5.92 Å². The van der Waals surface area contributed by atoms with Crippen molar-refractivity contribution < 1.29 is 0 Å². The quantitative estimate of drug-likeness (QED) is 0.764. The van der Waals surface area contributed by atoms with Crippen LogP contribution in [0.2, 0.25) is 0 Å². The molecule has 0 aliphatic carbocycles. The van der Waals surface area contributed by atoms with Crippen LogP contribution in [-0.2, 0) is 6.42 Å². The van der Waals surface area contributed by atoms with Crippen LogP contribution in [0.4, 0.5) is 0 Å². The monoisotopic (exact) mass is 220 g/mol. The van der Waals surface area contributed by atoms with Gasteiger partial charge in [-0.15, -0.1) is 0 Å². The molecule has 0 bridgehead atoms. The van der Waals surface area contributed by atoms with Crippen LogP contribution < -0.4 is 5.32 Å². The molecule has 2 atom stereocenters. The minimum Gasteiger partial charge on any atom is -0.314 e. The lowest BCUT2D eigenvalue weighted by molar-refractivity contribution is 0.420. The van der Waals surface area contributed by atoms with Gasteiger partial charge in [0.1, 0.15) is 0 Å². The summed E-state index contributed by atoms with van der Waals surface area (Å²) in [5, 5.41) is 3.54. The molecule has 1 aromatic heterocycles. The molecule has 2 unspecified atom stereocenters. The van der Waals surface area contributed by atoms with Crippen molar-refractivity contribution in [2.75, 3.05) is 6.54 Å². The van der Waals surface area contributed by atoms with Crippen molar-refractivity contribution in [3.8, 4) is 0 Å². The third-order valence-corrected chi connectivity index (χ3v) is 2.83. The summed E-state index contributed by atoms with van der Waals surface area (Å²) < 4.78 is 0. The third-order valence-electron chi connectivity index (χ3n) is 2.83. The van der Waals surface area contributed by atoms with Crippen LogP contribution in [0.3, 0.4) is 0 Å². The molecule has 1 aromatic rings. The molecule has 0 radical (unpaired) electrons. The van der Waals surface area contributed by atoms with Gasteiger partial charge >= 0.3 is 0 Å². The number of hydrogen-bond donors (Lipinski definition) is 1. The van der Waals surface area contributed by atoms with Gasteiger partial charge in [0.05, 0.1) is 0 Å². The van der Waals surface area contributed by atoms with E-state index in [4.69, 9.17) is 0 Å². The van der Waals surface area contributed by atoms with Crippen molar-refractivity contribution >= 4 is 0 Å². The Morgan fingerprint density at radius 2 is 1.94 bits per heavy atom. The van der Waals surface area contributed by atoms with Gasteiger partial charge < -0.3 is 5.32 Å². The lowest BCUT2D eigenvalue weighted by Crippen LogP contribution is -2.28. The van der Waals surface area contributed by atoms with Crippen LogP contribution in [0.5, 0.6) is 0 Å². The van der Waals surface area contributed by atoms with Gasteiger partial charge in [-0.2, -0.15) is 0 Å². The van der Waals surface area contributed by atoms with Crippen molar-refractivity contribution in [3.63, 3.8) is 0 Å². The molecule has 2 nitrogen and oxygen atoms in total. The molecule has 0 saturated carbocycles. The van der Waals surface area contributed by atoms with E-state index in [0.29, 0.717) is 6.04 Å². The van der Waals surface area contributed by atoms with E-state index in [-0.39, 0.29) is 0 Å². The summed E-state index contributed by atoms with van der Waals surface area (Å²) in [4.78, 5) is 4.04. The van der Waals surface area contributed by atoms with Gasteiger partial charge in [-0.05, 0) is 56.3 Å². The molecule has 0 amide bonds. The van der Waals surface area contributed by atoms with Gasteiger partial charge in [0.25, 0.3) is 0 Å². The minimum atomic E-state index is 0.622. The summed E-state index contributed by atoms with van der Waals surface area (Å²) >= 11 is 0. The fraction of sp³-hybridized carbons (Fsp3) is 0.643. The predicted octanol–water partition coefficient (Wildman–Crippen LogP) is 3.04. The van der Waals surface area contributed by atoms with Crippen LogP contribution in [0.15, 0.2) is 24.5 Å². The van der Waals surface area contributed by atoms with Crippen molar-refractivity contribution in [2.45, 2.75) is 46.1 Å². The maximum Gasteiger partial charge on any atom is 0.0270 e. The summed E-state index contributed by atoms with van der Waals surface area (Å²) in [6.45, 7) is 7.94. The zero-order valence-electron chi connectivity index (χ0n) is 10.7. The summed E-state index contributed by atoms with van der Waals surface area (Å²) in [7, 11) is 0. The van der Waals surface area contributed by atoms with Crippen LogP contribution in [0.1, 0.15) is 39.2 Å². The largest absolute Gasteiger partial charge is 0.314 e. The van der Waals surface area contributed by atoms with Crippen LogP contribution in [-0.4, -0.2) is 17.6 Å². The summed E-state index contributed by atoms with van der Waals surface area (Å²) in [5.41, 5.74) is 1.39. The predicted molar refractivity (Wildman–Crippen MR) is 69.5 cm³/mol. The fourth-order valence-electron chi connectivity index (χ4n) is 2.08. The highest BCUT2D eigenvalue weighted by atomic mass is 14.9. The van der Waals surface area contributed by atoms with E-state index in [1.165, 1.54) is 18.4 Å². The molecule has 1 heterocycles. The number of nitrogens with one attached hydrogen (secondary N) is 1. The van der Waals surface area contributed by atoms with Crippen LogP contribution in [0.25, 0.3) is 0 Å². The van der Waals surface area contributed by atoms with Gasteiger partial charge in [-0.3, -0.25) is 4.98 Å². The van der Waals surface area contributed by atoms with E-state index in [2.05, 4.69) is 43.2 Å². The molecule has 2 heteroatoms. The summed E-state index contributed by atoms with van der Waals surface area (Å²) in [6, 6.07) is 4.85. The maximum absolute atomic E-state index is 4.04. The molecule has 0 aliphatic rings. The Bertz CT molecular complexity index is 271. The van der Waals surface area contributed by atoms with E-state index in [9.17, 15) is 0 Å². The molecule has 1 rings (SSSR count). The lowest BCUT2D eigenvalue weighted by Gasteiger charge is -2.18. The Morgan fingerprint density at radius 1 is 1.25 bits per heavy atom. The summed E-state index contributed by atoms with van der Waals surface area (Å²) in [6.07, 6.45) is 7.35. The highest BCUT2D eigenvalue weighted by Gasteiger charge is 2.08. The van der Waals surface area contributed by atoms with Crippen molar-refractivity contribution in [2.24, 2.45) is 5.92 Å². The van der Waals surface area contributed by atoms with Gasteiger partial charge in [-0.25, -0.2) is 0 Å². The SMILES string of the molecule is CCCNC(C)CC(C)Cc1ccncc1. The fourth-order valence-corrected chi connectivity index (χ4v) is 2.08. The highest BCUT2D eigenvalue weighted by Crippen LogP contribution is 2.12.